The Labute approximate surface area is 111 Å². The van der Waals surface area contributed by atoms with E-state index < -0.39 is 12.1 Å². The van der Waals surface area contributed by atoms with Crippen molar-refractivity contribution in [3.63, 3.8) is 0 Å². The first-order valence-electron chi connectivity index (χ1n) is 6.44. The van der Waals surface area contributed by atoms with E-state index in [9.17, 15) is 4.79 Å². The van der Waals surface area contributed by atoms with Gasteiger partial charge < -0.3 is 19.3 Å². The highest BCUT2D eigenvalue weighted by Crippen LogP contribution is 2.33. The highest BCUT2D eigenvalue weighted by atomic mass is 16.7. The molecule has 2 heterocycles. The van der Waals surface area contributed by atoms with E-state index in [4.69, 9.17) is 19.3 Å². The second-order valence-electron chi connectivity index (χ2n) is 4.83. The minimum absolute atomic E-state index is 0.0884. The number of ether oxygens (including phenoxy) is 3. The topological polar surface area (TPSA) is 65.0 Å². The SMILES string of the molecule is O=C(O)C1CCC2OC(c3ccccc3)OCC2O1. The quantitative estimate of drug-likeness (QED) is 0.881. The predicted molar refractivity (Wildman–Crippen MR) is 65.5 cm³/mol. The van der Waals surface area contributed by atoms with Crippen LogP contribution >= 0.6 is 0 Å². The third kappa shape index (κ3) is 2.63. The molecule has 0 aromatic heterocycles. The molecule has 3 rings (SSSR count). The fourth-order valence-corrected chi connectivity index (χ4v) is 2.52. The number of aliphatic carboxylic acids is 1. The van der Waals surface area contributed by atoms with Crippen molar-refractivity contribution in [3.05, 3.63) is 35.9 Å². The van der Waals surface area contributed by atoms with Crippen molar-refractivity contribution in [1.82, 2.24) is 0 Å². The Morgan fingerprint density at radius 2 is 1.89 bits per heavy atom. The van der Waals surface area contributed by atoms with Crippen LogP contribution < -0.4 is 0 Å². The molecule has 2 fully saturated rings. The Bertz CT molecular complexity index is 446. The van der Waals surface area contributed by atoms with E-state index >= 15 is 0 Å². The molecule has 0 aliphatic carbocycles. The molecule has 0 radical (unpaired) electrons. The summed E-state index contributed by atoms with van der Waals surface area (Å²) in [7, 11) is 0. The normalized spacial score (nSPS) is 34.5. The number of hydrogen-bond acceptors (Lipinski definition) is 4. The van der Waals surface area contributed by atoms with Gasteiger partial charge in [0.25, 0.3) is 0 Å². The molecule has 2 aliphatic heterocycles. The average molecular weight is 264 g/mol. The molecule has 1 N–H and O–H groups in total. The summed E-state index contributed by atoms with van der Waals surface area (Å²) in [6.07, 6.45) is -0.315. The molecule has 19 heavy (non-hydrogen) atoms. The first-order chi connectivity index (χ1) is 9.24. The van der Waals surface area contributed by atoms with Crippen molar-refractivity contribution < 1.29 is 24.1 Å². The second kappa shape index (κ2) is 5.28. The van der Waals surface area contributed by atoms with Gasteiger partial charge in [-0.15, -0.1) is 0 Å². The van der Waals surface area contributed by atoms with Gasteiger partial charge in [0, 0.05) is 5.56 Å². The number of carbonyl (C=O) groups is 1. The lowest BCUT2D eigenvalue weighted by Crippen LogP contribution is -2.49. The zero-order chi connectivity index (χ0) is 13.2. The summed E-state index contributed by atoms with van der Waals surface area (Å²) in [6, 6.07) is 9.72. The van der Waals surface area contributed by atoms with Gasteiger partial charge in [-0.3, -0.25) is 0 Å². The molecule has 0 saturated carbocycles. The molecule has 2 aliphatic rings. The predicted octanol–water partition coefficient (Wildman–Crippen LogP) is 1.73. The molecule has 1 aromatic carbocycles. The molecule has 5 nitrogen and oxygen atoms in total. The molecule has 1 aromatic rings. The minimum atomic E-state index is -0.913. The van der Waals surface area contributed by atoms with Crippen molar-refractivity contribution in [2.24, 2.45) is 0 Å². The number of carboxylic acid groups (broad SMARTS) is 1. The Hall–Kier alpha value is -1.43. The molecule has 0 bridgehead atoms. The van der Waals surface area contributed by atoms with Gasteiger partial charge in [-0.2, -0.15) is 0 Å². The first-order valence-corrected chi connectivity index (χ1v) is 6.44. The maximum Gasteiger partial charge on any atom is 0.332 e. The molecular formula is C14H16O5. The lowest BCUT2D eigenvalue weighted by molar-refractivity contribution is -0.287. The summed E-state index contributed by atoms with van der Waals surface area (Å²) in [5, 5.41) is 8.95. The summed E-state index contributed by atoms with van der Waals surface area (Å²) >= 11 is 0. The van der Waals surface area contributed by atoms with Crippen LogP contribution in [0.5, 0.6) is 0 Å². The Balaban J connectivity index is 1.65. The van der Waals surface area contributed by atoms with E-state index in [2.05, 4.69) is 0 Å². The van der Waals surface area contributed by atoms with Crippen LogP contribution in [0.2, 0.25) is 0 Å². The van der Waals surface area contributed by atoms with E-state index in [1.54, 1.807) is 0 Å². The van der Waals surface area contributed by atoms with Gasteiger partial charge in [0.05, 0.1) is 12.7 Å². The van der Waals surface area contributed by atoms with Crippen LogP contribution in [0.3, 0.4) is 0 Å². The van der Waals surface area contributed by atoms with E-state index in [-0.39, 0.29) is 18.5 Å². The van der Waals surface area contributed by atoms with E-state index in [0.29, 0.717) is 19.4 Å². The van der Waals surface area contributed by atoms with Crippen LogP contribution in [0.1, 0.15) is 24.7 Å². The van der Waals surface area contributed by atoms with Crippen LogP contribution in [0.25, 0.3) is 0 Å². The van der Waals surface area contributed by atoms with Gasteiger partial charge in [0.15, 0.2) is 12.4 Å². The molecular weight excluding hydrogens is 248 g/mol. The van der Waals surface area contributed by atoms with Crippen molar-refractivity contribution in [1.29, 1.82) is 0 Å². The van der Waals surface area contributed by atoms with E-state index in [1.807, 2.05) is 30.3 Å². The molecule has 2 saturated heterocycles. The van der Waals surface area contributed by atoms with Crippen LogP contribution in [0.15, 0.2) is 30.3 Å². The lowest BCUT2D eigenvalue weighted by Gasteiger charge is -2.41. The summed E-state index contributed by atoms with van der Waals surface area (Å²) in [6.45, 7) is 0.369. The van der Waals surface area contributed by atoms with Gasteiger partial charge >= 0.3 is 5.97 Å². The summed E-state index contributed by atoms with van der Waals surface area (Å²) in [5.74, 6) is -0.913. The van der Waals surface area contributed by atoms with Crippen LogP contribution in [0.4, 0.5) is 0 Å². The molecule has 5 heteroatoms. The van der Waals surface area contributed by atoms with Gasteiger partial charge in [-0.1, -0.05) is 30.3 Å². The number of carboxylic acids is 1. The monoisotopic (exact) mass is 264 g/mol. The zero-order valence-corrected chi connectivity index (χ0v) is 10.4. The van der Waals surface area contributed by atoms with Crippen LogP contribution in [0, 0.1) is 0 Å². The second-order valence-corrected chi connectivity index (χ2v) is 4.83. The fourth-order valence-electron chi connectivity index (χ4n) is 2.52. The maximum absolute atomic E-state index is 10.9. The highest BCUT2D eigenvalue weighted by molar-refractivity contribution is 5.72. The Kier molecular flexibility index (Phi) is 3.50. The lowest BCUT2D eigenvalue weighted by atomic mass is 10.00. The maximum atomic E-state index is 10.9. The number of rotatable bonds is 2. The minimum Gasteiger partial charge on any atom is -0.479 e. The van der Waals surface area contributed by atoms with Crippen LogP contribution in [-0.4, -0.2) is 36.0 Å². The first kappa shape index (κ1) is 12.6. The summed E-state index contributed by atoms with van der Waals surface area (Å²) < 4.78 is 17.0. The molecule has 102 valence electrons. The van der Waals surface area contributed by atoms with Crippen molar-refractivity contribution in [3.8, 4) is 0 Å². The highest BCUT2D eigenvalue weighted by Gasteiger charge is 2.40. The standard InChI is InChI=1S/C14H16O5/c15-13(16)11-7-6-10-12(18-11)8-17-14(19-10)9-4-2-1-3-5-9/h1-5,10-12,14H,6-8H2,(H,15,16). The third-order valence-corrected chi connectivity index (χ3v) is 3.52. The van der Waals surface area contributed by atoms with Crippen molar-refractivity contribution in [2.75, 3.05) is 6.61 Å². The van der Waals surface area contributed by atoms with Crippen molar-refractivity contribution in [2.45, 2.75) is 37.4 Å². The molecule has 0 amide bonds. The fraction of sp³-hybridized carbons (Fsp3) is 0.500. The molecule has 0 spiro atoms. The van der Waals surface area contributed by atoms with Gasteiger partial charge in [0.1, 0.15) is 6.10 Å². The smallest absolute Gasteiger partial charge is 0.332 e. The zero-order valence-electron chi connectivity index (χ0n) is 10.4. The van der Waals surface area contributed by atoms with E-state index in [0.717, 1.165) is 5.56 Å². The number of hydrogen-bond donors (Lipinski definition) is 1. The molecule has 4 atom stereocenters. The number of fused-ring (bicyclic) bond motifs is 1. The summed E-state index contributed by atoms with van der Waals surface area (Å²) in [4.78, 5) is 10.9. The molecule has 4 unspecified atom stereocenters. The van der Waals surface area contributed by atoms with Gasteiger partial charge in [-0.25, -0.2) is 4.79 Å². The van der Waals surface area contributed by atoms with Crippen LogP contribution in [-0.2, 0) is 19.0 Å². The Morgan fingerprint density at radius 3 is 2.63 bits per heavy atom. The van der Waals surface area contributed by atoms with Gasteiger partial charge in [0.2, 0.25) is 0 Å². The average Bonchev–Trinajstić information content (AvgIpc) is 2.47. The number of benzene rings is 1. The van der Waals surface area contributed by atoms with E-state index in [1.165, 1.54) is 0 Å². The van der Waals surface area contributed by atoms with Gasteiger partial charge in [-0.05, 0) is 12.8 Å². The Morgan fingerprint density at radius 1 is 1.11 bits per heavy atom. The largest absolute Gasteiger partial charge is 0.479 e. The van der Waals surface area contributed by atoms with Crippen molar-refractivity contribution >= 4 is 5.97 Å². The third-order valence-electron chi connectivity index (χ3n) is 3.52. The summed E-state index contributed by atoms with van der Waals surface area (Å²) in [5.41, 5.74) is 0.973.